The third-order valence-electron chi connectivity index (χ3n) is 8.36. The number of nitrogens with zero attached hydrogens (tertiary/aromatic N) is 1. The van der Waals surface area contributed by atoms with E-state index >= 15 is 0 Å². The molecule has 5 nitrogen and oxygen atoms in total. The van der Waals surface area contributed by atoms with E-state index in [1.54, 1.807) is 30.3 Å². The van der Waals surface area contributed by atoms with Crippen LogP contribution in [0.4, 0.5) is 15.8 Å². The number of anilines is 2. The number of fused-ring (bicyclic) bond motifs is 6. The molecule has 0 aliphatic carbocycles. The van der Waals surface area contributed by atoms with Gasteiger partial charge in [0.25, 0.3) is 0 Å². The zero-order valence-corrected chi connectivity index (χ0v) is 21.8. The highest BCUT2D eigenvalue weighted by atomic mass is 35.5. The summed E-state index contributed by atoms with van der Waals surface area (Å²) in [4.78, 5) is 45.4. The number of Topliss-reactive ketones (excluding diaryl/α,β-unsaturated/α-hetero) is 2. The number of amides is 1. The minimum Gasteiger partial charge on any atom is -0.352 e. The average Bonchev–Trinajstić information content (AvgIpc) is 3.45. The molecule has 3 heterocycles. The van der Waals surface area contributed by atoms with Gasteiger partial charge in [-0.05, 0) is 59.7 Å². The number of nitrogens with one attached hydrogen (secondary N) is 1. The van der Waals surface area contributed by atoms with Crippen LogP contribution in [-0.2, 0) is 10.2 Å². The Morgan fingerprint density at radius 1 is 0.850 bits per heavy atom. The first-order chi connectivity index (χ1) is 19.4. The highest BCUT2D eigenvalue weighted by Crippen LogP contribution is 2.58. The molecule has 1 amide bonds. The molecule has 1 fully saturated rings. The lowest BCUT2D eigenvalue weighted by Gasteiger charge is -2.37. The molecule has 1 N–H and O–H groups in total. The number of hydrogen-bond donors (Lipinski definition) is 1. The number of carbonyl (C=O) groups excluding carboxylic acids is 3. The summed E-state index contributed by atoms with van der Waals surface area (Å²) in [7, 11) is 0. The SMILES string of the molecule is O=C(c1ccccc1Cl)[C@@H]1[C@H](C(=O)c2ccc(F)cc2)[C@]2(C(=O)Nc3ccccc32)[C@H]2C=Cc3ccccc3N12. The smallest absolute Gasteiger partial charge is 0.238 e. The van der Waals surface area contributed by atoms with Crippen LogP contribution in [0.2, 0.25) is 5.02 Å². The minimum atomic E-state index is -1.44. The van der Waals surface area contributed by atoms with Crippen molar-refractivity contribution in [3.8, 4) is 0 Å². The summed E-state index contributed by atoms with van der Waals surface area (Å²) in [6.45, 7) is 0. The highest BCUT2D eigenvalue weighted by Gasteiger charge is 2.70. The van der Waals surface area contributed by atoms with Crippen molar-refractivity contribution >= 4 is 46.5 Å². The minimum absolute atomic E-state index is 0.219. The molecule has 4 atom stereocenters. The number of carbonyl (C=O) groups is 3. The summed E-state index contributed by atoms with van der Waals surface area (Å²) in [5, 5.41) is 3.25. The van der Waals surface area contributed by atoms with E-state index in [1.165, 1.54) is 24.3 Å². The van der Waals surface area contributed by atoms with Gasteiger partial charge in [0, 0.05) is 22.5 Å². The molecule has 0 saturated carbocycles. The molecule has 4 aromatic rings. The molecule has 4 aromatic carbocycles. The molecule has 0 radical (unpaired) electrons. The molecule has 7 heteroatoms. The van der Waals surface area contributed by atoms with Crippen LogP contribution in [-0.4, -0.2) is 29.6 Å². The van der Waals surface area contributed by atoms with Gasteiger partial charge in [-0.3, -0.25) is 14.4 Å². The van der Waals surface area contributed by atoms with Gasteiger partial charge < -0.3 is 10.2 Å². The van der Waals surface area contributed by atoms with Gasteiger partial charge in [-0.1, -0.05) is 72.3 Å². The monoisotopic (exact) mass is 548 g/mol. The summed E-state index contributed by atoms with van der Waals surface area (Å²) >= 11 is 6.54. The van der Waals surface area contributed by atoms with Crippen LogP contribution in [0.1, 0.15) is 31.8 Å². The average molecular weight is 549 g/mol. The van der Waals surface area contributed by atoms with Crippen molar-refractivity contribution < 1.29 is 18.8 Å². The fourth-order valence-corrected chi connectivity index (χ4v) is 6.96. The molecular weight excluding hydrogens is 527 g/mol. The quantitative estimate of drug-likeness (QED) is 0.302. The first-order valence-electron chi connectivity index (χ1n) is 13.0. The van der Waals surface area contributed by atoms with Crippen LogP contribution < -0.4 is 10.2 Å². The number of rotatable bonds is 4. The molecular formula is C33H22ClFN2O3. The Morgan fingerprint density at radius 3 is 2.35 bits per heavy atom. The fraction of sp³-hybridized carbons (Fsp3) is 0.121. The first-order valence-corrected chi connectivity index (χ1v) is 13.4. The third-order valence-corrected chi connectivity index (χ3v) is 8.69. The van der Waals surface area contributed by atoms with Crippen LogP contribution in [0.5, 0.6) is 0 Å². The van der Waals surface area contributed by atoms with Crippen LogP contribution in [0.25, 0.3) is 6.08 Å². The van der Waals surface area contributed by atoms with Gasteiger partial charge in [-0.15, -0.1) is 0 Å². The predicted molar refractivity (Wildman–Crippen MR) is 152 cm³/mol. The fourth-order valence-electron chi connectivity index (χ4n) is 6.73. The second-order valence-electron chi connectivity index (χ2n) is 10.3. The summed E-state index contributed by atoms with van der Waals surface area (Å²) in [6, 6.07) is 25.1. The van der Waals surface area contributed by atoms with E-state index in [4.69, 9.17) is 11.6 Å². The summed E-state index contributed by atoms with van der Waals surface area (Å²) in [5.74, 6) is -2.78. The van der Waals surface area contributed by atoms with E-state index in [9.17, 15) is 18.8 Å². The van der Waals surface area contributed by atoms with Crippen LogP contribution in [0.15, 0.2) is 103 Å². The molecule has 7 rings (SSSR count). The van der Waals surface area contributed by atoms with Gasteiger partial charge in [0.1, 0.15) is 17.3 Å². The number of halogens is 2. The largest absolute Gasteiger partial charge is 0.352 e. The third kappa shape index (κ3) is 3.29. The van der Waals surface area contributed by atoms with Gasteiger partial charge >= 0.3 is 0 Å². The van der Waals surface area contributed by atoms with Crippen LogP contribution in [0, 0.1) is 11.7 Å². The standard InChI is InChI=1S/C33H22ClFN2O3/c34-24-10-4-2-8-22(24)31(39)29-28(30(38)20-13-16-21(35)17-14-20)33(23-9-3-5-11-25(23)36-32(33)40)27-18-15-19-7-1-6-12-26(19)37(27)29/h1-18,27-29H,(H,36,40)/t27-,28-,29+,33-/m1/s1. The van der Waals surface area contributed by atoms with Gasteiger partial charge in [-0.25, -0.2) is 4.39 Å². The lowest BCUT2D eigenvalue weighted by atomic mass is 9.64. The molecule has 40 heavy (non-hydrogen) atoms. The maximum Gasteiger partial charge on any atom is 0.238 e. The molecule has 0 unspecified atom stereocenters. The Kier molecular flexibility index (Phi) is 5.51. The molecule has 3 aliphatic heterocycles. The Hall–Kier alpha value is -4.55. The number of benzene rings is 4. The zero-order chi connectivity index (χ0) is 27.6. The van der Waals surface area contributed by atoms with E-state index in [2.05, 4.69) is 5.32 Å². The molecule has 1 saturated heterocycles. The Morgan fingerprint density at radius 2 is 1.55 bits per heavy atom. The van der Waals surface area contributed by atoms with E-state index in [-0.39, 0.29) is 27.8 Å². The van der Waals surface area contributed by atoms with Crippen molar-refractivity contribution in [1.29, 1.82) is 0 Å². The number of hydrogen-bond acceptors (Lipinski definition) is 4. The summed E-state index contributed by atoms with van der Waals surface area (Å²) in [5.41, 5.74) is 1.90. The lowest BCUT2D eigenvalue weighted by Crippen LogP contribution is -2.51. The van der Waals surface area contributed by atoms with Gasteiger partial charge in [-0.2, -0.15) is 0 Å². The summed E-state index contributed by atoms with van der Waals surface area (Å²) < 4.78 is 13.9. The topological polar surface area (TPSA) is 66.5 Å². The first kappa shape index (κ1) is 24.5. The maximum absolute atomic E-state index is 14.6. The maximum atomic E-state index is 14.6. The van der Waals surface area contributed by atoms with Crippen molar-refractivity contribution in [2.75, 3.05) is 10.2 Å². The van der Waals surface area contributed by atoms with Crippen molar-refractivity contribution in [2.45, 2.75) is 17.5 Å². The van der Waals surface area contributed by atoms with Gasteiger partial charge in [0.05, 0.1) is 17.0 Å². The van der Waals surface area contributed by atoms with E-state index in [0.29, 0.717) is 11.3 Å². The molecule has 3 aliphatic rings. The van der Waals surface area contributed by atoms with Crippen LogP contribution in [0.3, 0.4) is 0 Å². The summed E-state index contributed by atoms with van der Waals surface area (Å²) in [6.07, 6.45) is 3.85. The molecule has 0 bridgehead atoms. The van der Waals surface area contributed by atoms with E-state index in [1.807, 2.05) is 59.5 Å². The zero-order valence-electron chi connectivity index (χ0n) is 21.1. The van der Waals surface area contributed by atoms with Crippen LogP contribution >= 0.6 is 11.6 Å². The number of para-hydroxylation sites is 2. The van der Waals surface area contributed by atoms with Crippen molar-refractivity contribution in [3.63, 3.8) is 0 Å². The molecule has 196 valence electrons. The second-order valence-corrected chi connectivity index (χ2v) is 10.7. The van der Waals surface area contributed by atoms with Crippen molar-refractivity contribution in [2.24, 2.45) is 5.92 Å². The Balaban J connectivity index is 1.55. The molecule has 0 aromatic heterocycles. The Bertz CT molecular complexity index is 1750. The van der Waals surface area contributed by atoms with Crippen molar-refractivity contribution in [1.82, 2.24) is 0 Å². The lowest BCUT2D eigenvalue weighted by molar-refractivity contribution is -0.121. The molecule has 1 spiro atoms. The highest BCUT2D eigenvalue weighted by molar-refractivity contribution is 6.34. The number of ketones is 2. The van der Waals surface area contributed by atoms with E-state index in [0.717, 1.165) is 11.3 Å². The normalized spacial score (nSPS) is 23.9. The van der Waals surface area contributed by atoms with E-state index < -0.39 is 35.0 Å². The van der Waals surface area contributed by atoms with Gasteiger partial charge in [0.15, 0.2) is 11.6 Å². The van der Waals surface area contributed by atoms with Gasteiger partial charge in [0.2, 0.25) is 5.91 Å². The Labute approximate surface area is 234 Å². The van der Waals surface area contributed by atoms with Crippen molar-refractivity contribution in [3.05, 3.63) is 136 Å². The second kappa shape index (κ2) is 9.00. The predicted octanol–water partition coefficient (Wildman–Crippen LogP) is 6.34.